The summed E-state index contributed by atoms with van der Waals surface area (Å²) in [5.74, 6) is 1.52. The zero-order chi connectivity index (χ0) is 12.5. The molecule has 1 aromatic carbocycles. The van der Waals surface area contributed by atoms with Gasteiger partial charge in [-0.3, -0.25) is 4.79 Å². The minimum atomic E-state index is -0.321. The molecule has 0 bridgehead atoms. The molecule has 0 saturated carbocycles. The van der Waals surface area contributed by atoms with Gasteiger partial charge >= 0.3 is 0 Å². The van der Waals surface area contributed by atoms with E-state index in [1.165, 1.54) is 0 Å². The first kappa shape index (κ1) is 12.1. The molecular formula is C12H15NO3S. The molecule has 1 N–H and O–H groups in total. The van der Waals surface area contributed by atoms with E-state index >= 15 is 0 Å². The number of fused-ring (bicyclic) bond motifs is 1. The fourth-order valence-electron chi connectivity index (χ4n) is 1.72. The number of rotatable bonds is 3. The lowest BCUT2D eigenvalue weighted by Gasteiger charge is -2.25. The van der Waals surface area contributed by atoms with Gasteiger partial charge in [0.15, 0.2) is 11.5 Å². The van der Waals surface area contributed by atoms with Gasteiger partial charge < -0.3 is 14.8 Å². The lowest BCUT2D eigenvalue weighted by molar-refractivity contribution is 0.174. The summed E-state index contributed by atoms with van der Waals surface area (Å²) < 4.78 is 10.6. The highest BCUT2D eigenvalue weighted by Gasteiger charge is 2.24. The summed E-state index contributed by atoms with van der Waals surface area (Å²) in [5.41, 5.74) is 0.906. The summed E-state index contributed by atoms with van der Waals surface area (Å²) in [4.78, 5) is 10.8. The van der Waals surface area contributed by atoms with E-state index in [0.717, 1.165) is 17.1 Å². The van der Waals surface area contributed by atoms with Gasteiger partial charge in [-0.15, -0.1) is 0 Å². The number of amides is 1. The maximum Gasteiger partial charge on any atom is 0.276 e. The van der Waals surface area contributed by atoms with Gasteiger partial charge in [-0.05, 0) is 17.7 Å². The number of hydrogen-bond acceptors (Lipinski definition) is 3. The summed E-state index contributed by atoms with van der Waals surface area (Å²) in [6.07, 6.45) is 0. The average molecular weight is 253 g/mol. The zero-order valence-corrected chi connectivity index (χ0v) is 10.7. The summed E-state index contributed by atoms with van der Waals surface area (Å²) in [6, 6.07) is 5.83. The van der Waals surface area contributed by atoms with Gasteiger partial charge in [0.05, 0.1) is 0 Å². The third-order valence-electron chi connectivity index (χ3n) is 2.84. The zero-order valence-electron chi connectivity index (χ0n) is 9.82. The SMILES string of the molecule is CC(C)(CNC(=O)S)c1ccc2c(c1)OCO2. The molecule has 17 heavy (non-hydrogen) atoms. The molecule has 0 spiro atoms. The van der Waals surface area contributed by atoms with Crippen molar-refractivity contribution in [1.29, 1.82) is 0 Å². The van der Waals surface area contributed by atoms with Gasteiger partial charge in [-0.25, -0.2) is 0 Å². The molecule has 0 aliphatic carbocycles. The number of hydrogen-bond donors (Lipinski definition) is 2. The molecule has 2 rings (SSSR count). The van der Waals surface area contributed by atoms with Crippen LogP contribution in [0.15, 0.2) is 18.2 Å². The molecule has 0 radical (unpaired) electrons. The number of ether oxygens (including phenoxy) is 2. The topological polar surface area (TPSA) is 47.6 Å². The van der Waals surface area contributed by atoms with Crippen LogP contribution >= 0.6 is 12.6 Å². The maximum atomic E-state index is 10.8. The van der Waals surface area contributed by atoms with E-state index < -0.39 is 0 Å². The van der Waals surface area contributed by atoms with Gasteiger partial charge in [0.2, 0.25) is 6.79 Å². The Morgan fingerprint density at radius 2 is 2.12 bits per heavy atom. The van der Waals surface area contributed by atoms with Crippen LogP contribution in [0.4, 0.5) is 4.79 Å². The first-order valence-corrected chi connectivity index (χ1v) is 5.81. The van der Waals surface area contributed by atoms with Crippen LogP contribution < -0.4 is 14.8 Å². The monoisotopic (exact) mass is 253 g/mol. The second kappa shape index (κ2) is 4.49. The highest BCUT2D eigenvalue weighted by Crippen LogP contribution is 2.36. The fourth-order valence-corrected chi connectivity index (χ4v) is 1.80. The van der Waals surface area contributed by atoms with Gasteiger partial charge in [0.1, 0.15) is 0 Å². The van der Waals surface area contributed by atoms with Crippen molar-refractivity contribution in [3.63, 3.8) is 0 Å². The number of carbonyl (C=O) groups excluding carboxylic acids is 1. The fraction of sp³-hybridized carbons (Fsp3) is 0.417. The number of carbonyl (C=O) groups is 1. The van der Waals surface area contributed by atoms with Crippen LogP contribution in [0, 0.1) is 0 Å². The summed E-state index contributed by atoms with van der Waals surface area (Å²) in [7, 11) is 0. The number of thiol groups is 1. The van der Waals surface area contributed by atoms with Crippen LogP contribution in [0.2, 0.25) is 0 Å². The van der Waals surface area contributed by atoms with E-state index in [4.69, 9.17) is 9.47 Å². The van der Waals surface area contributed by atoms with Crippen molar-refractivity contribution in [2.45, 2.75) is 19.3 Å². The molecule has 1 aliphatic rings. The minimum absolute atomic E-state index is 0.181. The Hall–Kier alpha value is -1.36. The Bertz CT molecular complexity index is 445. The van der Waals surface area contributed by atoms with Crippen molar-refractivity contribution in [3.8, 4) is 11.5 Å². The van der Waals surface area contributed by atoms with E-state index in [0.29, 0.717) is 6.54 Å². The first-order valence-electron chi connectivity index (χ1n) is 5.36. The van der Waals surface area contributed by atoms with Gasteiger partial charge in [0, 0.05) is 12.0 Å². The largest absolute Gasteiger partial charge is 0.454 e. The van der Waals surface area contributed by atoms with Crippen molar-refractivity contribution in [3.05, 3.63) is 23.8 Å². The molecule has 1 aliphatic heterocycles. The van der Waals surface area contributed by atoms with E-state index in [1.54, 1.807) is 0 Å². The van der Waals surface area contributed by atoms with Crippen LogP contribution in [0.25, 0.3) is 0 Å². The number of nitrogens with one attached hydrogen (secondary N) is 1. The van der Waals surface area contributed by atoms with Gasteiger partial charge in [-0.1, -0.05) is 32.5 Å². The molecule has 1 heterocycles. The highest BCUT2D eigenvalue weighted by molar-refractivity contribution is 7.96. The van der Waals surface area contributed by atoms with Crippen LogP contribution in [-0.2, 0) is 5.41 Å². The van der Waals surface area contributed by atoms with E-state index in [9.17, 15) is 4.79 Å². The molecule has 5 heteroatoms. The lowest BCUT2D eigenvalue weighted by atomic mass is 9.84. The Labute approximate surface area is 106 Å². The molecule has 4 nitrogen and oxygen atoms in total. The third-order valence-corrected chi connectivity index (χ3v) is 2.99. The van der Waals surface area contributed by atoms with Crippen molar-refractivity contribution in [1.82, 2.24) is 5.32 Å². The highest BCUT2D eigenvalue weighted by atomic mass is 32.1. The van der Waals surface area contributed by atoms with Crippen LogP contribution in [-0.4, -0.2) is 18.6 Å². The molecule has 0 fully saturated rings. The Kier molecular flexibility index (Phi) is 3.19. The Morgan fingerprint density at radius 1 is 1.41 bits per heavy atom. The summed E-state index contributed by atoms with van der Waals surface area (Å²) >= 11 is 3.69. The van der Waals surface area contributed by atoms with Crippen molar-refractivity contribution in [2.24, 2.45) is 0 Å². The van der Waals surface area contributed by atoms with E-state index in [-0.39, 0.29) is 17.4 Å². The second-order valence-electron chi connectivity index (χ2n) is 4.61. The third kappa shape index (κ3) is 2.66. The predicted octanol–water partition coefficient (Wildman–Crippen LogP) is 2.33. The van der Waals surface area contributed by atoms with Gasteiger partial charge in [0.25, 0.3) is 5.24 Å². The first-order chi connectivity index (χ1) is 7.99. The maximum absolute atomic E-state index is 10.8. The van der Waals surface area contributed by atoms with E-state index in [2.05, 4.69) is 17.9 Å². The molecule has 0 unspecified atom stereocenters. The van der Waals surface area contributed by atoms with Crippen molar-refractivity contribution in [2.75, 3.05) is 13.3 Å². The van der Waals surface area contributed by atoms with Crippen LogP contribution in [0.1, 0.15) is 19.4 Å². The van der Waals surface area contributed by atoms with E-state index in [1.807, 2.05) is 32.0 Å². The molecule has 1 aromatic rings. The molecule has 0 atom stereocenters. The average Bonchev–Trinajstić information content (AvgIpc) is 2.73. The van der Waals surface area contributed by atoms with Crippen LogP contribution in [0.5, 0.6) is 11.5 Å². The number of benzene rings is 1. The molecule has 92 valence electrons. The molecule has 0 saturated heterocycles. The Morgan fingerprint density at radius 3 is 2.82 bits per heavy atom. The summed E-state index contributed by atoms with van der Waals surface area (Å²) in [6.45, 7) is 4.89. The molecule has 0 aromatic heterocycles. The molecule has 1 amide bonds. The quantitative estimate of drug-likeness (QED) is 0.813. The molecular weight excluding hydrogens is 238 g/mol. The second-order valence-corrected chi connectivity index (χ2v) is 5.02. The van der Waals surface area contributed by atoms with Gasteiger partial charge in [-0.2, -0.15) is 0 Å². The Balaban J connectivity index is 2.18. The summed E-state index contributed by atoms with van der Waals surface area (Å²) in [5, 5.41) is 2.38. The standard InChI is InChI=1S/C12H15NO3S/c1-12(2,6-13-11(14)17)8-3-4-9-10(5-8)16-7-15-9/h3-5H,6-7H2,1-2H3,(H2,13,14,17). The smallest absolute Gasteiger partial charge is 0.276 e. The van der Waals surface area contributed by atoms with Crippen molar-refractivity contribution < 1.29 is 14.3 Å². The predicted molar refractivity (Wildman–Crippen MR) is 68.0 cm³/mol. The van der Waals surface area contributed by atoms with Crippen molar-refractivity contribution >= 4 is 17.9 Å². The normalized spacial score (nSPS) is 13.6. The van der Waals surface area contributed by atoms with Crippen LogP contribution in [0.3, 0.4) is 0 Å². The minimum Gasteiger partial charge on any atom is -0.454 e. The lowest BCUT2D eigenvalue weighted by Crippen LogP contribution is -2.34.